The van der Waals surface area contributed by atoms with Crippen LogP contribution in [0.25, 0.3) is 0 Å². The average molecular weight is 167 g/mol. The van der Waals surface area contributed by atoms with E-state index in [1.54, 1.807) is 0 Å². The summed E-state index contributed by atoms with van der Waals surface area (Å²) in [6, 6.07) is 0.984. The highest BCUT2D eigenvalue weighted by Gasteiger charge is 2.44. The fraction of sp³-hybridized carbons (Fsp3) is 1.00. The lowest BCUT2D eigenvalue weighted by atomic mass is 9.95. The molecule has 70 valence electrons. The van der Waals surface area contributed by atoms with Gasteiger partial charge in [-0.25, -0.2) is 0 Å². The van der Waals surface area contributed by atoms with Crippen LogP contribution in [0.2, 0.25) is 0 Å². The lowest BCUT2D eigenvalue weighted by Crippen LogP contribution is -2.38. The van der Waals surface area contributed by atoms with Gasteiger partial charge in [0.15, 0.2) is 0 Å². The molecule has 0 bridgehead atoms. The molecule has 0 spiro atoms. The molecule has 0 aromatic heterocycles. The van der Waals surface area contributed by atoms with Crippen molar-refractivity contribution in [2.75, 3.05) is 13.1 Å². The van der Waals surface area contributed by atoms with E-state index >= 15 is 0 Å². The zero-order valence-corrected chi connectivity index (χ0v) is 8.64. The predicted octanol–water partition coefficient (Wildman–Crippen LogP) is 2.52. The Morgan fingerprint density at radius 3 is 2.75 bits per heavy atom. The molecular weight excluding hydrogens is 146 g/mol. The number of hydrogen-bond donors (Lipinski definition) is 0. The van der Waals surface area contributed by atoms with E-state index < -0.39 is 0 Å². The van der Waals surface area contributed by atoms with E-state index in [9.17, 15) is 0 Å². The van der Waals surface area contributed by atoms with Gasteiger partial charge in [0.05, 0.1) is 0 Å². The second kappa shape index (κ2) is 2.73. The van der Waals surface area contributed by atoms with Crippen LogP contribution in [-0.4, -0.2) is 24.0 Å². The van der Waals surface area contributed by atoms with Crippen LogP contribution in [0.5, 0.6) is 0 Å². The van der Waals surface area contributed by atoms with Gasteiger partial charge in [-0.05, 0) is 37.1 Å². The summed E-state index contributed by atoms with van der Waals surface area (Å²) in [4.78, 5) is 2.72. The monoisotopic (exact) mass is 167 g/mol. The maximum atomic E-state index is 2.72. The van der Waals surface area contributed by atoms with Crippen LogP contribution < -0.4 is 0 Å². The number of piperidine rings is 1. The molecule has 1 nitrogen and oxygen atoms in total. The Bertz CT molecular complexity index is 168. The van der Waals surface area contributed by atoms with Crippen LogP contribution in [0, 0.1) is 11.3 Å². The van der Waals surface area contributed by atoms with Crippen molar-refractivity contribution in [3.8, 4) is 0 Å². The third kappa shape index (κ3) is 1.82. The van der Waals surface area contributed by atoms with Crippen molar-refractivity contribution in [3.63, 3.8) is 0 Å². The van der Waals surface area contributed by atoms with Gasteiger partial charge in [-0.3, -0.25) is 4.90 Å². The molecule has 0 radical (unpaired) electrons. The molecule has 0 N–H and O–H groups in total. The molecule has 0 amide bonds. The second-order valence-corrected chi connectivity index (χ2v) is 5.74. The molecule has 1 saturated carbocycles. The van der Waals surface area contributed by atoms with Gasteiger partial charge < -0.3 is 0 Å². The first-order valence-corrected chi connectivity index (χ1v) is 5.30. The van der Waals surface area contributed by atoms with Crippen molar-refractivity contribution in [2.24, 2.45) is 11.3 Å². The van der Waals surface area contributed by atoms with Crippen molar-refractivity contribution in [2.45, 2.75) is 46.1 Å². The fourth-order valence-corrected chi connectivity index (χ4v) is 2.52. The molecule has 12 heavy (non-hydrogen) atoms. The molecule has 2 rings (SSSR count). The van der Waals surface area contributed by atoms with Crippen LogP contribution in [0.1, 0.15) is 40.0 Å². The van der Waals surface area contributed by atoms with Gasteiger partial charge in [-0.2, -0.15) is 0 Å². The third-order valence-corrected chi connectivity index (χ3v) is 3.05. The van der Waals surface area contributed by atoms with Crippen molar-refractivity contribution >= 4 is 0 Å². The molecule has 2 aliphatic rings. The zero-order chi connectivity index (χ0) is 8.77. The van der Waals surface area contributed by atoms with E-state index in [0.717, 1.165) is 12.0 Å². The largest absolute Gasteiger partial charge is 0.300 e. The fourth-order valence-electron chi connectivity index (χ4n) is 2.52. The van der Waals surface area contributed by atoms with Gasteiger partial charge in [0.2, 0.25) is 0 Å². The van der Waals surface area contributed by atoms with Gasteiger partial charge in [0.25, 0.3) is 0 Å². The summed E-state index contributed by atoms with van der Waals surface area (Å²) >= 11 is 0. The first-order valence-electron chi connectivity index (χ1n) is 5.30. The van der Waals surface area contributed by atoms with Crippen LogP contribution in [0.15, 0.2) is 0 Å². The van der Waals surface area contributed by atoms with E-state index in [0.29, 0.717) is 5.41 Å². The molecule has 2 atom stereocenters. The lowest BCUT2D eigenvalue weighted by Gasteiger charge is -2.32. The summed E-state index contributed by atoms with van der Waals surface area (Å²) in [7, 11) is 0. The maximum absolute atomic E-state index is 2.72. The summed E-state index contributed by atoms with van der Waals surface area (Å²) < 4.78 is 0. The van der Waals surface area contributed by atoms with E-state index in [2.05, 4.69) is 25.7 Å². The first-order chi connectivity index (χ1) is 5.56. The second-order valence-electron chi connectivity index (χ2n) is 5.74. The van der Waals surface area contributed by atoms with E-state index in [4.69, 9.17) is 0 Å². The SMILES string of the molecule is CC(C)(C)CN1CCCC2CC21. The van der Waals surface area contributed by atoms with Crippen LogP contribution >= 0.6 is 0 Å². The predicted molar refractivity (Wildman–Crippen MR) is 52.2 cm³/mol. The smallest absolute Gasteiger partial charge is 0.0127 e. The summed E-state index contributed by atoms with van der Waals surface area (Å²) in [5, 5.41) is 0. The quantitative estimate of drug-likeness (QED) is 0.580. The summed E-state index contributed by atoms with van der Waals surface area (Å²) in [6.07, 6.45) is 4.44. The number of fused-ring (bicyclic) bond motifs is 1. The first kappa shape index (κ1) is 8.55. The molecule has 1 heterocycles. The standard InChI is InChI=1S/C11H21N/c1-11(2,3)8-12-6-4-5-9-7-10(9)12/h9-10H,4-8H2,1-3H3. The highest BCUT2D eigenvalue weighted by atomic mass is 15.2. The Morgan fingerprint density at radius 1 is 1.33 bits per heavy atom. The van der Waals surface area contributed by atoms with Gasteiger partial charge in [0.1, 0.15) is 0 Å². The summed E-state index contributed by atoms with van der Waals surface area (Å²) in [6.45, 7) is 9.70. The third-order valence-electron chi connectivity index (χ3n) is 3.05. The van der Waals surface area contributed by atoms with Gasteiger partial charge in [-0.15, -0.1) is 0 Å². The Morgan fingerprint density at radius 2 is 2.08 bits per heavy atom. The molecule has 1 saturated heterocycles. The molecule has 2 fully saturated rings. The Hall–Kier alpha value is -0.0400. The highest BCUT2D eigenvalue weighted by molar-refractivity contribution is 4.98. The number of nitrogens with zero attached hydrogens (tertiary/aromatic N) is 1. The van der Waals surface area contributed by atoms with Gasteiger partial charge in [0, 0.05) is 12.6 Å². The molecule has 0 aromatic rings. The minimum atomic E-state index is 0.491. The van der Waals surface area contributed by atoms with Gasteiger partial charge >= 0.3 is 0 Å². The molecular formula is C11H21N. The Kier molecular flexibility index (Phi) is 1.95. The van der Waals surface area contributed by atoms with E-state index in [-0.39, 0.29) is 0 Å². The summed E-state index contributed by atoms with van der Waals surface area (Å²) in [5.41, 5.74) is 0.491. The minimum absolute atomic E-state index is 0.491. The molecule has 1 aliphatic heterocycles. The molecule has 2 unspecified atom stereocenters. The topological polar surface area (TPSA) is 3.24 Å². The van der Waals surface area contributed by atoms with Crippen molar-refractivity contribution in [3.05, 3.63) is 0 Å². The number of rotatable bonds is 1. The van der Waals surface area contributed by atoms with Crippen molar-refractivity contribution < 1.29 is 0 Å². The van der Waals surface area contributed by atoms with Crippen LogP contribution in [-0.2, 0) is 0 Å². The van der Waals surface area contributed by atoms with E-state index in [1.165, 1.54) is 32.4 Å². The van der Waals surface area contributed by atoms with Crippen LogP contribution in [0.3, 0.4) is 0 Å². The van der Waals surface area contributed by atoms with E-state index in [1.807, 2.05) is 0 Å². The zero-order valence-electron chi connectivity index (χ0n) is 8.64. The van der Waals surface area contributed by atoms with Crippen molar-refractivity contribution in [1.29, 1.82) is 0 Å². The maximum Gasteiger partial charge on any atom is 0.0127 e. The average Bonchev–Trinajstić information content (AvgIpc) is 2.62. The lowest BCUT2D eigenvalue weighted by molar-refractivity contribution is 0.153. The number of hydrogen-bond acceptors (Lipinski definition) is 1. The molecule has 1 aliphatic carbocycles. The molecule has 0 aromatic carbocycles. The Labute approximate surface area is 76.1 Å². The normalized spacial score (nSPS) is 36.2. The van der Waals surface area contributed by atoms with Crippen LogP contribution in [0.4, 0.5) is 0 Å². The van der Waals surface area contributed by atoms with Crippen molar-refractivity contribution in [1.82, 2.24) is 4.90 Å². The highest BCUT2D eigenvalue weighted by Crippen LogP contribution is 2.43. The minimum Gasteiger partial charge on any atom is -0.300 e. The number of likely N-dealkylation sites (tertiary alicyclic amines) is 1. The Balaban J connectivity index is 1.87. The summed E-state index contributed by atoms with van der Waals surface area (Å²) in [5.74, 6) is 1.08. The molecule has 1 heteroatoms. The van der Waals surface area contributed by atoms with Gasteiger partial charge in [-0.1, -0.05) is 20.8 Å².